The van der Waals surface area contributed by atoms with Crippen LogP contribution >= 0.6 is 0 Å². The van der Waals surface area contributed by atoms with Gasteiger partial charge in [0.1, 0.15) is 6.33 Å². The molecule has 3 aromatic rings. The van der Waals surface area contributed by atoms with Gasteiger partial charge in [-0.25, -0.2) is 0 Å². The first-order valence-corrected chi connectivity index (χ1v) is 7.04. The first-order chi connectivity index (χ1) is 10.4. The molecular formula is C16H17N5. The van der Waals surface area contributed by atoms with E-state index in [9.17, 15) is 0 Å². The van der Waals surface area contributed by atoms with Crippen LogP contribution in [0.3, 0.4) is 0 Å². The van der Waals surface area contributed by atoms with Gasteiger partial charge in [0.05, 0.1) is 11.4 Å². The molecule has 3 rings (SSSR count). The van der Waals surface area contributed by atoms with Gasteiger partial charge >= 0.3 is 0 Å². The van der Waals surface area contributed by atoms with E-state index in [4.69, 9.17) is 0 Å². The van der Waals surface area contributed by atoms with Crippen molar-refractivity contribution >= 4 is 5.69 Å². The predicted molar refractivity (Wildman–Crippen MR) is 82.4 cm³/mol. The maximum Gasteiger partial charge on any atom is 0.143 e. The lowest BCUT2D eigenvalue weighted by Gasteiger charge is -2.11. The van der Waals surface area contributed by atoms with Gasteiger partial charge in [-0.15, -0.1) is 5.10 Å². The number of benzene rings is 2. The van der Waals surface area contributed by atoms with Gasteiger partial charge in [-0.3, -0.25) is 0 Å². The van der Waals surface area contributed by atoms with Crippen molar-refractivity contribution in [3.05, 3.63) is 66.5 Å². The molecule has 0 amide bonds. The maximum atomic E-state index is 3.94. The minimum Gasteiger partial charge on any atom is -0.383 e. The maximum absolute atomic E-state index is 3.94. The highest BCUT2D eigenvalue weighted by Gasteiger charge is 2.04. The van der Waals surface area contributed by atoms with Crippen LogP contribution in [0.15, 0.2) is 60.9 Å². The van der Waals surface area contributed by atoms with E-state index in [1.165, 1.54) is 5.56 Å². The van der Waals surface area contributed by atoms with E-state index < -0.39 is 0 Å². The lowest BCUT2D eigenvalue weighted by atomic mass is 10.1. The van der Waals surface area contributed by atoms with Crippen LogP contribution in [-0.4, -0.2) is 26.8 Å². The monoisotopic (exact) mass is 279 g/mol. The number of hydrogen-bond donors (Lipinski definition) is 1. The average molecular weight is 279 g/mol. The Bertz CT molecular complexity index is 664. The average Bonchev–Trinajstić information content (AvgIpc) is 3.07. The summed E-state index contributed by atoms with van der Waals surface area (Å²) in [5.74, 6) is 0. The first-order valence-electron chi connectivity index (χ1n) is 7.04. The molecule has 5 heteroatoms. The SMILES string of the molecule is c1ccc(CCCNc2ccccc2-n2cnnn2)cc1. The second kappa shape index (κ2) is 6.65. The van der Waals surface area contributed by atoms with Crippen molar-refractivity contribution in [2.75, 3.05) is 11.9 Å². The summed E-state index contributed by atoms with van der Waals surface area (Å²) >= 11 is 0. The number of para-hydroxylation sites is 2. The van der Waals surface area contributed by atoms with Gasteiger partial charge in [-0.1, -0.05) is 42.5 Å². The molecule has 1 heterocycles. The number of tetrazole rings is 1. The molecule has 0 aliphatic heterocycles. The molecule has 0 radical (unpaired) electrons. The number of aryl methyl sites for hydroxylation is 1. The van der Waals surface area contributed by atoms with Crippen molar-refractivity contribution in [3.63, 3.8) is 0 Å². The molecular weight excluding hydrogens is 262 g/mol. The van der Waals surface area contributed by atoms with E-state index in [-0.39, 0.29) is 0 Å². The van der Waals surface area contributed by atoms with Crippen LogP contribution < -0.4 is 5.32 Å². The standard InChI is InChI=1S/C16H17N5/c1-2-7-14(8-3-1)9-6-12-17-15-10-4-5-11-16(15)21-13-18-19-20-21/h1-5,7-8,10-11,13,17H,6,9,12H2. The minimum atomic E-state index is 0.911. The zero-order chi connectivity index (χ0) is 14.3. The molecule has 0 atom stereocenters. The highest BCUT2D eigenvalue weighted by molar-refractivity contribution is 5.60. The Labute approximate surface area is 123 Å². The molecule has 106 valence electrons. The fourth-order valence-corrected chi connectivity index (χ4v) is 2.25. The van der Waals surface area contributed by atoms with E-state index >= 15 is 0 Å². The fraction of sp³-hybridized carbons (Fsp3) is 0.188. The van der Waals surface area contributed by atoms with Crippen molar-refractivity contribution in [3.8, 4) is 5.69 Å². The number of nitrogens with one attached hydrogen (secondary N) is 1. The van der Waals surface area contributed by atoms with Crippen molar-refractivity contribution in [2.24, 2.45) is 0 Å². The predicted octanol–water partition coefficient (Wildman–Crippen LogP) is 2.71. The number of hydrogen-bond acceptors (Lipinski definition) is 4. The fourth-order valence-electron chi connectivity index (χ4n) is 2.25. The quantitative estimate of drug-likeness (QED) is 0.705. The lowest BCUT2D eigenvalue weighted by Crippen LogP contribution is -2.07. The zero-order valence-corrected chi connectivity index (χ0v) is 11.7. The van der Waals surface area contributed by atoms with Gasteiger partial charge in [0, 0.05) is 6.54 Å². The number of nitrogens with zero attached hydrogens (tertiary/aromatic N) is 4. The second-order valence-electron chi connectivity index (χ2n) is 4.79. The number of aromatic nitrogens is 4. The van der Waals surface area contributed by atoms with Crippen LogP contribution in [0.1, 0.15) is 12.0 Å². The Morgan fingerprint density at radius 2 is 1.76 bits per heavy atom. The lowest BCUT2D eigenvalue weighted by molar-refractivity contribution is 0.787. The van der Waals surface area contributed by atoms with E-state index in [2.05, 4.69) is 45.1 Å². The summed E-state index contributed by atoms with van der Waals surface area (Å²) in [6.45, 7) is 0.911. The zero-order valence-electron chi connectivity index (χ0n) is 11.7. The second-order valence-corrected chi connectivity index (χ2v) is 4.79. The number of anilines is 1. The molecule has 0 unspecified atom stereocenters. The minimum absolute atomic E-state index is 0.911. The van der Waals surface area contributed by atoms with Crippen molar-refractivity contribution in [1.29, 1.82) is 0 Å². The van der Waals surface area contributed by atoms with Crippen LogP contribution in [0.4, 0.5) is 5.69 Å². The van der Waals surface area contributed by atoms with Crippen LogP contribution in [0.25, 0.3) is 5.69 Å². The van der Waals surface area contributed by atoms with Crippen molar-refractivity contribution in [2.45, 2.75) is 12.8 Å². The summed E-state index contributed by atoms with van der Waals surface area (Å²) in [6.07, 6.45) is 3.75. The summed E-state index contributed by atoms with van der Waals surface area (Å²) in [4.78, 5) is 0. The Hall–Kier alpha value is -2.69. The van der Waals surface area contributed by atoms with E-state index in [0.717, 1.165) is 30.8 Å². The summed E-state index contributed by atoms with van der Waals surface area (Å²) in [5, 5.41) is 14.8. The van der Waals surface area contributed by atoms with Gasteiger partial charge in [0.15, 0.2) is 0 Å². The molecule has 0 aliphatic carbocycles. The molecule has 1 N–H and O–H groups in total. The third-order valence-corrected chi connectivity index (χ3v) is 3.30. The van der Waals surface area contributed by atoms with Gasteiger partial charge in [0.2, 0.25) is 0 Å². The third kappa shape index (κ3) is 3.45. The summed E-state index contributed by atoms with van der Waals surface area (Å²) in [5.41, 5.74) is 3.37. The van der Waals surface area contributed by atoms with Crippen LogP contribution in [0, 0.1) is 0 Å². The third-order valence-electron chi connectivity index (χ3n) is 3.30. The molecule has 0 fully saturated rings. The summed E-state index contributed by atoms with van der Waals surface area (Å²) in [7, 11) is 0. The molecule has 5 nitrogen and oxygen atoms in total. The van der Waals surface area contributed by atoms with Crippen LogP contribution in [0.2, 0.25) is 0 Å². The Kier molecular flexibility index (Phi) is 4.21. The topological polar surface area (TPSA) is 55.6 Å². The van der Waals surface area contributed by atoms with Crippen LogP contribution in [-0.2, 0) is 6.42 Å². The highest BCUT2D eigenvalue weighted by atomic mass is 15.5. The van der Waals surface area contributed by atoms with E-state index in [1.54, 1.807) is 11.0 Å². The van der Waals surface area contributed by atoms with Gasteiger partial charge in [-0.05, 0) is 41.0 Å². The van der Waals surface area contributed by atoms with Gasteiger partial charge in [0.25, 0.3) is 0 Å². The van der Waals surface area contributed by atoms with Crippen LogP contribution in [0.5, 0.6) is 0 Å². The molecule has 0 spiro atoms. The van der Waals surface area contributed by atoms with Crippen molar-refractivity contribution < 1.29 is 0 Å². The normalized spacial score (nSPS) is 10.5. The van der Waals surface area contributed by atoms with Gasteiger partial charge < -0.3 is 5.32 Å². The Morgan fingerprint density at radius 1 is 0.952 bits per heavy atom. The molecule has 21 heavy (non-hydrogen) atoms. The largest absolute Gasteiger partial charge is 0.383 e. The highest BCUT2D eigenvalue weighted by Crippen LogP contribution is 2.18. The summed E-state index contributed by atoms with van der Waals surface area (Å²) in [6, 6.07) is 18.6. The molecule has 0 aliphatic rings. The number of rotatable bonds is 6. The Balaban J connectivity index is 1.59. The Morgan fingerprint density at radius 3 is 2.57 bits per heavy atom. The summed E-state index contributed by atoms with van der Waals surface area (Å²) < 4.78 is 1.67. The van der Waals surface area contributed by atoms with Gasteiger partial charge in [-0.2, -0.15) is 4.68 Å². The molecule has 0 bridgehead atoms. The van der Waals surface area contributed by atoms with E-state index in [1.807, 2.05) is 30.3 Å². The van der Waals surface area contributed by atoms with Crippen molar-refractivity contribution in [1.82, 2.24) is 20.2 Å². The molecule has 2 aromatic carbocycles. The smallest absolute Gasteiger partial charge is 0.143 e. The molecule has 0 saturated heterocycles. The molecule has 0 saturated carbocycles. The van der Waals surface area contributed by atoms with E-state index in [0.29, 0.717) is 0 Å². The molecule has 1 aromatic heterocycles. The first kappa shape index (κ1) is 13.3.